The quantitative estimate of drug-likeness (QED) is 0.497. The van der Waals surface area contributed by atoms with Crippen LogP contribution in [0.1, 0.15) is 46.5 Å². The van der Waals surface area contributed by atoms with Crippen LogP contribution in [0.25, 0.3) is 0 Å². The average Bonchev–Trinajstić information content (AvgIpc) is 3.15. The minimum atomic E-state index is -0.0780. The Balaban J connectivity index is 1.60. The molecular formula is C15H22O4. The van der Waals surface area contributed by atoms with Gasteiger partial charge in [-0.3, -0.25) is 4.79 Å². The van der Waals surface area contributed by atoms with E-state index >= 15 is 0 Å². The molecular weight excluding hydrogens is 244 g/mol. The third-order valence-corrected chi connectivity index (χ3v) is 5.83. The van der Waals surface area contributed by atoms with Crippen LogP contribution in [0.2, 0.25) is 0 Å². The lowest BCUT2D eigenvalue weighted by molar-refractivity contribution is -0.144. The molecule has 0 spiro atoms. The number of esters is 1. The van der Waals surface area contributed by atoms with E-state index in [4.69, 9.17) is 14.2 Å². The Bertz CT molecular complexity index is 436. The number of epoxide rings is 2. The number of fused-ring (bicyclic) bond motifs is 3. The molecule has 0 radical (unpaired) electrons. The van der Waals surface area contributed by atoms with Crippen molar-refractivity contribution in [2.45, 2.75) is 76.0 Å². The Morgan fingerprint density at radius 2 is 1.89 bits per heavy atom. The van der Waals surface area contributed by atoms with E-state index in [0.29, 0.717) is 18.1 Å². The van der Waals surface area contributed by atoms with Crippen molar-refractivity contribution in [3.05, 3.63) is 0 Å². The van der Waals surface area contributed by atoms with Crippen molar-refractivity contribution in [1.82, 2.24) is 0 Å². The van der Waals surface area contributed by atoms with Crippen molar-refractivity contribution in [2.24, 2.45) is 11.8 Å². The Hall–Kier alpha value is -0.610. The molecule has 3 saturated heterocycles. The summed E-state index contributed by atoms with van der Waals surface area (Å²) in [4.78, 5) is 11.9. The second-order valence-electron chi connectivity index (χ2n) is 7.24. The van der Waals surface area contributed by atoms with E-state index < -0.39 is 0 Å². The zero-order valence-electron chi connectivity index (χ0n) is 11.8. The fourth-order valence-electron chi connectivity index (χ4n) is 4.10. The maximum Gasteiger partial charge on any atom is 0.309 e. The first kappa shape index (κ1) is 12.2. The first-order chi connectivity index (χ1) is 8.91. The molecule has 1 saturated carbocycles. The van der Waals surface area contributed by atoms with Crippen molar-refractivity contribution in [3.8, 4) is 0 Å². The van der Waals surface area contributed by atoms with Crippen molar-refractivity contribution in [3.63, 3.8) is 0 Å². The second-order valence-corrected chi connectivity index (χ2v) is 7.24. The molecule has 4 nitrogen and oxygen atoms in total. The van der Waals surface area contributed by atoms with Crippen LogP contribution < -0.4 is 0 Å². The maximum absolute atomic E-state index is 11.9. The Morgan fingerprint density at radius 1 is 1.16 bits per heavy atom. The van der Waals surface area contributed by atoms with Crippen LogP contribution in [-0.2, 0) is 19.0 Å². The summed E-state index contributed by atoms with van der Waals surface area (Å²) in [6.07, 6.45) is 4.58. The smallest absolute Gasteiger partial charge is 0.309 e. The SMILES string of the molecule is C[C@@H]1C(=O)O[C@H]2C[C@]3(C)O[C@@H]3CC[C@@]3(C)O[C@H]3C[C@@H]21. The summed E-state index contributed by atoms with van der Waals surface area (Å²) >= 11 is 0. The number of carbonyl (C=O) groups is 1. The number of carbonyl (C=O) groups excluding carboxylic acids is 1. The molecule has 0 aromatic rings. The van der Waals surface area contributed by atoms with Gasteiger partial charge in [-0.2, -0.15) is 0 Å². The molecule has 4 aliphatic rings. The van der Waals surface area contributed by atoms with Gasteiger partial charge in [0.2, 0.25) is 0 Å². The van der Waals surface area contributed by atoms with Gasteiger partial charge in [0, 0.05) is 12.3 Å². The number of ether oxygens (including phenoxy) is 3. The highest BCUT2D eigenvalue weighted by Gasteiger charge is 2.62. The topological polar surface area (TPSA) is 51.4 Å². The zero-order chi connectivity index (χ0) is 13.4. The highest BCUT2D eigenvalue weighted by molar-refractivity contribution is 5.74. The molecule has 0 unspecified atom stereocenters. The van der Waals surface area contributed by atoms with Crippen LogP contribution in [-0.4, -0.2) is 35.5 Å². The number of rotatable bonds is 0. The summed E-state index contributed by atoms with van der Waals surface area (Å²) in [5.74, 6) is 0.246. The Labute approximate surface area is 113 Å². The fraction of sp³-hybridized carbons (Fsp3) is 0.933. The molecule has 4 rings (SSSR count). The third-order valence-electron chi connectivity index (χ3n) is 5.83. The van der Waals surface area contributed by atoms with Gasteiger partial charge >= 0.3 is 5.97 Å². The molecule has 4 heteroatoms. The van der Waals surface area contributed by atoms with E-state index in [1.165, 1.54) is 0 Å². The standard InChI is InChI=1S/C15H22O4/c1-8-9-6-12-14(2,19-12)5-4-11-15(3,18-11)7-10(9)17-13(8)16/h8-12H,4-7H2,1-3H3/t8-,9+,10-,11+,12-,14+,15-/m0/s1. The van der Waals surface area contributed by atoms with Crippen LogP contribution in [0.5, 0.6) is 0 Å². The van der Waals surface area contributed by atoms with Crippen molar-refractivity contribution >= 4 is 5.97 Å². The van der Waals surface area contributed by atoms with E-state index in [-0.39, 0.29) is 29.2 Å². The monoisotopic (exact) mass is 266 g/mol. The van der Waals surface area contributed by atoms with Gasteiger partial charge in [0.15, 0.2) is 0 Å². The van der Waals surface area contributed by atoms with Gasteiger partial charge in [-0.05, 0) is 33.1 Å². The van der Waals surface area contributed by atoms with Gasteiger partial charge < -0.3 is 14.2 Å². The minimum absolute atomic E-state index is 0.00123. The fourth-order valence-corrected chi connectivity index (χ4v) is 4.10. The van der Waals surface area contributed by atoms with Gasteiger partial charge in [0.05, 0.1) is 29.3 Å². The molecule has 7 atom stereocenters. The molecule has 0 bridgehead atoms. The minimum Gasteiger partial charge on any atom is -0.462 e. The second kappa shape index (κ2) is 3.53. The molecule has 0 aromatic heterocycles. The first-order valence-electron chi connectivity index (χ1n) is 7.47. The highest BCUT2D eigenvalue weighted by atomic mass is 16.6. The molecule has 0 aromatic carbocycles. The molecule has 4 fully saturated rings. The molecule has 0 amide bonds. The summed E-state index contributed by atoms with van der Waals surface area (Å²) in [7, 11) is 0. The van der Waals surface area contributed by atoms with E-state index in [0.717, 1.165) is 25.7 Å². The van der Waals surface area contributed by atoms with Gasteiger partial charge in [-0.1, -0.05) is 6.92 Å². The summed E-state index contributed by atoms with van der Waals surface area (Å²) < 4.78 is 17.4. The summed E-state index contributed by atoms with van der Waals surface area (Å²) in [5, 5.41) is 0. The summed E-state index contributed by atoms with van der Waals surface area (Å²) in [5.41, 5.74) is -0.0640. The zero-order valence-corrected chi connectivity index (χ0v) is 11.8. The van der Waals surface area contributed by atoms with E-state index in [1.807, 2.05) is 6.92 Å². The molecule has 3 aliphatic heterocycles. The highest BCUT2D eigenvalue weighted by Crippen LogP contribution is 2.54. The van der Waals surface area contributed by atoms with Crippen LogP contribution in [0, 0.1) is 11.8 Å². The van der Waals surface area contributed by atoms with E-state index in [1.54, 1.807) is 0 Å². The van der Waals surface area contributed by atoms with Crippen molar-refractivity contribution in [1.29, 1.82) is 0 Å². The molecule has 3 heterocycles. The van der Waals surface area contributed by atoms with Crippen molar-refractivity contribution in [2.75, 3.05) is 0 Å². The number of hydrogen-bond acceptors (Lipinski definition) is 4. The molecule has 1 aliphatic carbocycles. The van der Waals surface area contributed by atoms with Crippen LogP contribution in [0.3, 0.4) is 0 Å². The van der Waals surface area contributed by atoms with E-state index in [9.17, 15) is 4.79 Å². The van der Waals surface area contributed by atoms with Gasteiger partial charge in [-0.15, -0.1) is 0 Å². The van der Waals surface area contributed by atoms with Crippen molar-refractivity contribution < 1.29 is 19.0 Å². The van der Waals surface area contributed by atoms with E-state index in [2.05, 4.69) is 13.8 Å². The van der Waals surface area contributed by atoms with Gasteiger partial charge in [0.25, 0.3) is 0 Å². The molecule has 19 heavy (non-hydrogen) atoms. The maximum atomic E-state index is 11.9. The predicted octanol–water partition coefficient (Wildman–Crippen LogP) is 2.05. The Kier molecular flexibility index (Phi) is 2.26. The van der Waals surface area contributed by atoms with Gasteiger partial charge in [0.1, 0.15) is 6.10 Å². The lowest BCUT2D eigenvalue weighted by Gasteiger charge is -2.22. The summed E-state index contributed by atoms with van der Waals surface area (Å²) in [6, 6.07) is 0. The Morgan fingerprint density at radius 3 is 2.68 bits per heavy atom. The van der Waals surface area contributed by atoms with Crippen LogP contribution >= 0.6 is 0 Å². The third kappa shape index (κ3) is 1.76. The number of hydrogen-bond donors (Lipinski definition) is 0. The largest absolute Gasteiger partial charge is 0.462 e. The predicted molar refractivity (Wildman–Crippen MR) is 67.6 cm³/mol. The summed E-state index contributed by atoms with van der Waals surface area (Å²) in [6.45, 7) is 6.34. The van der Waals surface area contributed by atoms with Crippen LogP contribution in [0.15, 0.2) is 0 Å². The lowest BCUT2D eigenvalue weighted by Crippen LogP contribution is -2.30. The molecule has 0 N–H and O–H groups in total. The normalized spacial score (nSPS) is 59.5. The van der Waals surface area contributed by atoms with Crippen LogP contribution in [0.4, 0.5) is 0 Å². The molecule has 106 valence electrons. The van der Waals surface area contributed by atoms with Gasteiger partial charge in [-0.25, -0.2) is 0 Å². The average molecular weight is 266 g/mol. The first-order valence-corrected chi connectivity index (χ1v) is 7.47. The lowest BCUT2D eigenvalue weighted by atomic mass is 9.79.